The minimum absolute atomic E-state index is 0.0650. The molecule has 1 unspecified atom stereocenters. The van der Waals surface area contributed by atoms with Gasteiger partial charge in [0, 0.05) is 27.2 Å². The molecule has 1 aliphatic heterocycles. The van der Waals surface area contributed by atoms with E-state index in [-0.39, 0.29) is 17.4 Å². The fraction of sp³-hybridized carbons (Fsp3) is 0.333. The van der Waals surface area contributed by atoms with Crippen molar-refractivity contribution in [2.75, 3.05) is 6.61 Å². The van der Waals surface area contributed by atoms with Gasteiger partial charge in [0.05, 0.1) is 18.3 Å². The Kier molecular flexibility index (Phi) is 4.15. The van der Waals surface area contributed by atoms with Crippen molar-refractivity contribution in [3.63, 3.8) is 0 Å². The lowest BCUT2D eigenvalue weighted by Crippen LogP contribution is -2.27. The van der Waals surface area contributed by atoms with Gasteiger partial charge in [-0.25, -0.2) is 0 Å². The van der Waals surface area contributed by atoms with Crippen LogP contribution in [0.1, 0.15) is 48.4 Å². The lowest BCUT2D eigenvalue weighted by atomic mass is 9.86. The fourth-order valence-corrected chi connectivity index (χ4v) is 2.89. The Balaban J connectivity index is 1.77. The molecule has 4 nitrogen and oxygen atoms in total. The number of hydrogen-bond donors (Lipinski definition) is 1. The molecule has 0 radical (unpaired) electrons. The highest BCUT2D eigenvalue weighted by molar-refractivity contribution is 9.10. The van der Waals surface area contributed by atoms with Crippen molar-refractivity contribution in [2.24, 2.45) is 0 Å². The molecule has 0 aliphatic carbocycles. The Labute approximate surface area is 144 Å². The van der Waals surface area contributed by atoms with E-state index in [1.54, 1.807) is 12.3 Å². The van der Waals surface area contributed by atoms with E-state index in [2.05, 4.69) is 40.1 Å². The summed E-state index contributed by atoms with van der Waals surface area (Å²) in [7, 11) is 0. The summed E-state index contributed by atoms with van der Waals surface area (Å²) < 4.78 is 6.58. The molecule has 1 aromatic heterocycles. The van der Waals surface area contributed by atoms with Crippen molar-refractivity contribution in [3.05, 3.63) is 57.8 Å². The summed E-state index contributed by atoms with van der Waals surface area (Å²) in [5.41, 5.74) is 2.49. The van der Waals surface area contributed by atoms with Gasteiger partial charge in [0.25, 0.3) is 5.91 Å². The van der Waals surface area contributed by atoms with Crippen molar-refractivity contribution in [1.82, 2.24) is 10.3 Å². The minimum Gasteiger partial charge on any atom is -0.492 e. The first-order chi connectivity index (χ1) is 10.9. The summed E-state index contributed by atoms with van der Waals surface area (Å²) in [6, 6.07) is 9.26. The van der Waals surface area contributed by atoms with Gasteiger partial charge >= 0.3 is 0 Å². The third kappa shape index (κ3) is 3.24. The van der Waals surface area contributed by atoms with Crippen LogP contribution < -0.4 is 10.1 Å². The van der Waals surface area contributed by atoms with Crippen LogP contribution in [0.4, 0.5) is 0 Å². The van der Waals surface area contributed by atoms with E-state index in [0.717, 1.165) is 21.5 Å². The Morgan fingerprint density at radius 2 is 2.13 bits per heavy atom. The molecule has 1 aliphatic rings. The number of rotatable bonds is 3. The van der Waals surface area contributed by atoms with E-state index in [0.29, 0.717) is 12.2 Å². The molecule has 0 spiro atoms. The first kappa shape index (κ1) is 16.0. The number of fused-ring (bicyclic) bond motifs is 1. The van der Waals surface area contributed by atoms with Crippen LogP contribution in [0.3, 0.4) is 0 Å². The van der Waals surface area contributed by atoms with Gasteiger partial charge < -0.3 is 10.1 Å². The number of aromatic nitrogens is 1. The molecule has 0 saturated carbocycles. The van der Waals surface area contributed by atoms with Gasteiger partial charge in [0.15, 0.2) is 0 Å². The number of carbonyl (C=O) groups excluding carboxylic acids is 1. The Morgan fingerprint density at radius 1 is 1.35 bits per heavy atom. The summed E-state index contributed by atoms with van der Waals surface area (Å²) in [5.74, 6) is 0.766. The molecule has 2 aromatic rings. The number of hydrogen-bond acceptors (Lipinski definition) is 3. The van der Waals surface area contributed by atoms with E-state index in [1.807, 2.05) is 31.2 Å². The maximum atomic E-state index is 12.5. The lowest BCUT2D eigenvalue weighted by molar-refractivity contribution is 0.0939. The fourth-order valence-electron chi connectivity index (χ4n) is 2.66. The minimum atomic E-state index is -0.159. The normalized spacial score (nSPS) is 16.3. The highest BCUT2D eigenvalue weighted by atomic mass is 79.9. The van der Waals surface area contributed by atoms with Gasteiger partial charge in [-0.1, -0.05) is 13.8 Å². The van der Waals surface area contributed by atoms with Gasteiger partial charge in [-0.05, 0) is 53.2 Å². The third-order valence-electron chi connectivity index (χ3n) is 4.10. The molecule has 1 aromatic carbocycles. The van der Waals surface area contributed by atoms with Crippen LogP contribution in [0.5, 0.6) is 5.75 Å². The number of benzene rings is 1. The molecule has 0 saturated heterocycles. The topological polar surface area (TPSA) is 51.2 Å². The average molecular weight is 375 g/mol. The van der Waals surface area contributed by atoms with Crippen molar-refractivity contribution < 1.29 is 9.53 Å². The highest BCUT2D eigenvalue weighted by Crippen LogP contribution is 2.38. The summed E-state index contributed by atoms with van der Waals surface area (Å²) >= 11 is 3.36. The molecule has 1 atom stereocenters. The van der Waals surface area contributed by atoms with E-state index in [1.165, 1.54) is 0 Å². The predicted octanol–water partition coefficient (Wildman–Crippen LogP) is 4.01. The molecule has 0 bridgehead atoms. The van der Waals surface area contributed by atoms with E-state index in [9.17, 15) is 4.79 Å². The summed E-state index contributed by atoms with van der Waals surface area (Å²) in [5, 5.41) is 2.99. The molecule has 120 valence electrons. The predicted molar refractivity (Wildman–Crippen MR) is 92.8 cm³/mol. The van der Waals surface area contributed by atoms with Crippen LogP contribution in [0.2, 0.25) is 0 Å². The Bertz CT molecular complexity index is 741. The molecular weight excluding hydrogens is 356 g/mol. The molecular formula is C18H19BrN2O2. The van der Waals surface area contributed by atoms with Gasteiger partial charge in [-0.3, -0.25) is 9.78 Å². The van der Waals surface area contributed by atoms with Crippen molar-refractivity contribution in [1.29, 1.82) is 0 Å². The number of nitrogens with one attached hydrogen (secondary N) is 1. The number of carbonyl (C=O) groups is 1. The monoisotopic (exact) mass is 374 g/mol. The second kappa shape index (κ2) is 5.96. The van der Waals surface area contributed by atoms with E-state index < -0.39 is 0 Å². The maximum Gasteiger partial charge on any atom is 0.251 e. The summed E-state index contributed by atoms with van der Waals surface area (Å²) in [6.45, 7) is 6.81. The number of pyridine rings is 1. The molecule has 23 heavy (non-hydrogen) atoms. The standard InChI is InChI=1S/C18H19BrN2O2/c1-11(15-6-5-13(19)9-20-15)21-17(22)12-4-7-16-14(8-12)18(2,3)10-23-16/h4-9,11H,10H2,1-3H3,(H,21,22). The van der Waals surface area contributed by atoms with Gasteiger partial charge in [-0.2, -0.15) is 0 Å². The number of nitrogens with zero attached hydrogens (tertiary/aromatic N) is 1. The highest BCUT2D eigenvalue weighted by Gasteiger charge is 2.32. The van der Waals surface area contributed by atoms with Crippen LogP contribution in [0, 0.1) is 0 Å². The van der Waals surface area contributed by atoms with Gasteiger partial charge in [-0.15, -0.1) is 0 Å². The Morgan fingerprint density at radius 3 is 2.83 bits per heavy atom. The quantitative estimate of drug-likeness (QED) is 0.882. The molecule has 1 amide bonds. The van der Waals surface area contributed by atoms with Crippen LogP contribution in [-0.2, 0) is 5.41 Å². The molecule has 0 fully saturated rings. The molecule has 2 heterocycles. The van der Waals surface area contributed by atoms with Crippen molar-refractivity contribution in [2.45, 2.75) is 32.2 Å². The largest absolute Gasteiger partial charge is 0.492 e. The van der Waals surface area contributed by atoms with E-state index >= 15 is 0 Å². The van der Waals surface area contributed by atoms with Crippen LogP contribution in [0.25, 0.3) is 0 Å². The maximum absolute atomic E-state index is 12.5. The average Bonchev–Trinajstić information content (AvgIpc) is 2.83. The van der Waals surface area contributed by atoms with Gasteiger partial charge in [0.2, 0.25) is 0 Å². The van der Waals surface area contributed by atoms with E-state index in [4.69, 9.17) is 4.74 Å². The zero-order valence-electron chi connectivity index (χ0n) is 13.4. The van der Waals surface area contributed by atoms with Crippen LogP contribution >= 0.6 is 15.9 Å². The van der Waals surface area contributed by atoms with Gasteiger partial charge in [0.1, 0.15) is 5.75 Å². The van der Waals surface area contributed by atoms with Crippen molar-refractivity contribution >= 4 is 21.8 Å². The van der Waals surface area contributed by atoms with Crippen LogP contribution in [-0.4, -0.2) is 17.5 Å². The second-order valence-electron chi connectivity index (χ2n) is 6.48. The Hall–Kier alpha value is -1.88. The summed E-state index contributed by atoms with van der Waals surface area (Å²) in [4.78, 5) is 16.8. The number of amides is 1. The SMILES string of the molecule is CC(NC(=O)c1ccc2c(c1)C(C)(C)CO2)c1ccc(Br)cn1. The first-order valence-corrected chi connectivity index (χ1v) is 8.36. The summed E-state index contributed by atoms with van der Waals surface area (Å²) in [6.07, 6.45) is 1.73. The zero-order valence-corrected chi connectivity index (χ0v) is 15.0. The lowest BCUT2D eigenvalue weighted by Gasteiger charge is -2.17. The first-order valence-electron chi connectivity index (χ1n) is 7.56. The molecule has 5 heteroatoms. The van der Waals surface area contributed by atoms with Crippen LogP contribution in [0.15, 0.2) is 41.0 Å². The number of ether oxygens (including phenoxy) is 1. The molecule has 1 N–H and O–H groups in total. The number of halogens is 1. The molecule has 3 rings (SSSR count). The second-order valence-corrected chi connectivity index (χ2v) is 7.40. The van der Waals surface area contributed by atoms with Crippen molar-refractivity contribution in [3.8, 4) is 5.75 Å². The smallest absolute Gasteiger partial charge is 0.251 e. The third-order valence-corrected chi connectivity index (χ3v) is 4.57. The zero-order chi connectivity index (χ0) is 16.6.